The van der Waals surface area contributed by atoms with Gasteiger partial charge in [0.25, 0.3) is 0 Å². The molecule has 0 unspecified atom stereocenters. The number of nitriles is 1. The molecular weight excluding hydrogens is 198 g/mol. The Morgan fingerprint density at radius 3 is 2.62 bits per heavy atom. The Morgan fingerprint density at radius 1 is 1.31 bits per heavy atom. The van der Waals surface area contributed by atoms with E-state index in [0.29, 0.717) is 5.92 Å². The zero-order valence-electron chi connectivity index (χ0n) is 9.39. The van der Waals surface area contributed by atoms with Crippen molar-refractivity contribution >= 4 is 5.69 Å². The minimum Gasteiger partial charge on any atom is -0.370 e. The number of rotatable bonds is 2. The fourth-order valence-corrected chi connectivity index (χ4v) is 2.25. The molecule has 84 valence electrons. The van der Waals surface area contributed by atoms with Crippen molar-refractivity contribution in [2.75, 3.05) is 24.5 Å². The van der Waals surface area contributed by atoms with Gasteiger partial charge in [-0.25, -0.2) is 0 Å². The molecule has 1 heterocycles. The lowest BCUT2D eigenvalue weighted by molar-refractivity contribution is 0.414. The molecule has 1 aromatic carbocycles. The minimum atomic E-state index is 0.658. The Hall–Kier alpha value is -1.53. The molecule has 0 saturated carbocycles. The summed E-state index contributed by atoms with van der Waals surface area (Å²) in [5.41, 5.74) is 7.51. The summed E-state index contributed by atoms with van der Waals surface area (Å²) in [6.07, 6.45) is 2.27. The first kappa shape index (κ1) is 11.0. The third-order valence-corrected chi connectivity index (χ3v) is 3.31. The molecule has 0 amide bonds. The topological polar surface area (TPSA) is 53.0 Å². The number of benzene rings is 1. The molecule has 0 bridgehead atoms. The SMILES string of the molecule is N#Cc1ccccc1N1CCC(CN)CC1. The number of nitrogens with zero attached hydrogens (tertiary/aromatic N) is 2. The van der Waals surface area contributed by atoms with E-state index in [2.05, 4.69) is 11.0 Å². The fourth-order valence-electron chi connectivity index (χ4n) is 2.25. The van der Waals surface area contributed by atoms with Crippen molar-refractivity contribution < 1.29 is 0 Å². The molecule has 0 aliphatic carbocycles. The number of piperidine rings is 1. The highest BCUT2D eigenvalue weighted by Gasteiger charge is 2.19. The molecule has 1 aliphatic rings. The number of anilines is 1. The normalized spacial score (nSPS) is 17.1. The second-order valence-corrected chi connectivity index (χ2v) is 4.30. The van der Waals surface area contributed by atoms with E-state index in [4.69, 9.17) is 11.0 Å². The minimum absolute atomic E-state index is 0.658. The first-order valence-electron chi connectivity index (χ1n) is 5.79. The molecule has 1 saturated heterocycles. The summed E-state index contributed by atoms with van der Waals surface area (Å²) in [7, 11) is 0. The van der Waals surface area contributed by atoms with Gasteiger partial charge in [-0.2, -0.15) is 5.26 Å². The van der Waals surface area contributed by atoms with Crippen LogP contribution in [-0.4, -0.2) is 19.6 Å². The smallest absolute Gasteiger partial charge is 0.101 e. The van der Waals surface area contributed by atoms with Gasteiger partial charge in [0.1, 0.15) is 6.07 Å². The highest BCUT2D eigenvalue weighted by Crippen LogP contribution is 2.25. The summed E-state index contributed by atoms with van der Waals surface area (Å²) in [5, 5.41) is 9.05. The molecule has 0 spiro atoms. The second-order valence-electron chi connectivity index (χ2n) is 4.30. The number of hydrogen-bond donors (Lipinski definition) is 1. The maximum Gasteiger partial charge on any atom is 0.101 e. The van der Waals surface area contributed by atoms with E-state index in [1.807, 2.05) is 24.3 Å². The van der Waals surface area contributed by atoms with Crippen molar-refractivity contribution in [2.45, 2.75) is 12.8 Å². The standard InChI is InChI=1S/C13H17N3/c14-9-11-5-7-16(8-6-11)13-4-2-1-3-12(13)10-15/h1-4,11H,5-9,14H2. The summed E-state index contributed by atoms with van der Waals surface area (Å²) in [5.74, 6) is 0.658. The highest BCUT2D eigenvalue weighted by atomic mass is 15.1. The van der Waals surface area contributed by atoms with Gasteiger partial charge < -0.3 is 10.6 Å². The Labute approximate surface area is 96.5 Å². The maximum absolute atomic E-state index is 9.05. The first-order valence-corrected chi connectivity index (χ1v) is 5.79. The van der Waals surface area contributed by atoms with Crippen LogP contribution in [0.15, 0.2) is 24.3 Å². The quantitative estimate of drug-likeness (QED) is 0.817. The van der Waals surface area contributed by atoms with E-state index in [-0.39, 0.29) is 0 Å². The van der Waals surface area contributed by atoms with Gasteiger partial charge in [0.2, 0.25) is 0 Å². The Balaban J connectivity index is 2.11. The monoisotopic (exact) mass is 215 g/mol. The van der Waals surface area contributed by atoms with Gasteiger partial charge in [-0.1, -0.05) is 12.1 Å². The van der Waals surface area contributed by atoms with E-state index in [9.17, 15) is 0 Å². The first-order chi connectivity index (χ1) is 7.85. The van der Waals surface area contributed by atoms with Gasteiger partial charge in [0.05, 0.1) is 11.3 Å². The summed E-state index contributed by atoms with van der Waals surface area (Å²) < 4.78 is 0. The van der Waals surface area contributed by atoms with Crippen LogP contribution in [0, 0.1) is 17.2 Å². The number of para-hydroxylation sites is 1. The van der Waals surface area contributed by atoms with Gasteiger partial charge >= 0.3 is 0 Å². The molecule has 16 heavy (non-hydrogen) atoms. The molecule has 1 aromatic rings. The van der Waals surface area contributed by atoms with Crippen molar-refractivity contribution in [3.8, 4) is 6.07 Å². The van der Waals surface area contributed by atoms with E-state index in [1.54, 1.807) is 0 Å². The molecule has 3 nitrogen and oxygen atoms in total. The van der Waals surface area contributed by atoms with Crippen LogP contribution in [0.2, 0.25) is 0 Å². The Bertz CT molecular complexity index is 386. The molecule has 1 aliphatic heterocycles. The van der Waals surface area contributed by atoms with Crippen LogP contribution >= 0.6 is 0 Å². The Kier molecular flexibility index (Phi) is 3.43. The molecule has 1 fully saturated rings. The van der Waals surface area contributed by atoms with Gasteiger partial charge in [-0.15, -0.1) is 0 Å². The molecule has 2 N–H and O–H groups in total. The lowest BCUT2D eigenvalue weighted by atomic mass is 9.96. The summed E-state index contributed by atoms with van der Waals surface area (Å²) >= 11 is 0. The van der Waals surface area contributed by atoms with Crippen molar-refractivity contribution in [3.63, 3.8) is 0 Å². The van der Waals surface area contributed by atoms with Crippen LogP contribution in [0.5, 0.6) is 0 Å². The van der Waals surface area contributed by atoms with Crippen LogP contribution in [0.3, 0.4) is 0 Å². The number of nitrogens with two attached hydrogens (primary N) is 1. The van der Waals surface area contributed by atoms with E-state index < -0.39 is 0 Å². The fraction of sp³-hybridized carbons (Fsp3) is 0.462. The summed E-state index contributed by atoms with van der Waals surface area (Å²) in [6.45, 7) is 2.81. The Morgan fingerprint density at radius 2 is 2.00 bits per heavy atom. The molecule has 0 aromatic heterocycles. The summed E-state index contributed by atoms with van der Waals surface area (Å²) in [4.78, 5) is 2.30. The van der Waals surface area contributed by atoms with Crippen molar-refractivity contribution in [2.24, 2.45) is 11.7 Å². The van der Waals surface area contributed by atoms with Crippen molar-refractivity contribution in [3.05, 3.63) is 29.8 Å². The van der Waals surface area contributed by atoms with E-state index >= 15 is 0 Å². The third-order valence-electron chi connectivity index (χ3n) is 3.31. The van der Waals surface area contributed by atoms with Crippen molar-refractivity contribution in [1.29, 1.82) is 5.26 Å². The molecule has 3 heteroatoms. The van der Waals surface area contributed by atoms with Crippen LogP contribution < -0.4 is 10.6 Å². The van der Waals surface area contributed by atoms with E-state index in [1.165, 1.54) is 0 Å². The predicted molar refractivity (Wildman–Crippen MR) is 65.1 cm³/mol. The summed E-state index contributed by atoms with van der Waals surface area (Å²) in [6, 6.07) is 10.1. The average Bonchev–Trinajstić information content (AvgIpc) is 2.39. The predicted octanol–water partition coefficient (Wildman–Crippen LogP) is 1.73. The second kappa shape index (κ2) is 5.00. The van der Waals surface area contributed by atoms with Gasteiger partial charge in [-0.3, -0.25) is 0 Å². The lowest BCUT2D eigenvalue weighted by Crippen LogP contribution is -2.36. The third kappa shape index (κ3) is 2.17. The molecular formula is C13H17N3. The van der Waals surface area contributed by atoms with E-state index in [0.717, 1.165) is 43.7 Å². The zero-order chi connectivity index (χ0) is 11.4. The van der Waals surface area contributed by atoms with Crippen molar-refractivity contribution in [1.82, 2.24) is 0 Å². The largest absolute Gasteiger partial charge is 0.370 e. The van der Waals surface area contributed by atoms with Crippen LogP contribution in [0.1, 0.15) is 18.4 Å². The van der Waals surface area contributed by atoms with Crippen LogP contribution in [0.25, 0.3) is 0 Å². The van der Waals surface area contributed by atoms with Crippen LogP contribution in [0.4, 0.5) is 5.69 Å². The molecule has 2 rings (SSSR count). The number of hydrogen-bond acceptors (Lipinski definition) is 3. The van der Waals surface area contributed by atoms with Gasteiger partial charge in [-0.05, 0) is 37.4 Å². The van der Waals surface area contributed by atoms with Gasteiger partial charge in [0.15, 0.2) is 0 Å². The highest BCUT2D eigenvalue weighted by molar-refractivity contribution is 5.59. The van der Waals surface area contributed by atoms with Crippen LogP contribution in [-0.2, 0) is 0 Å². The average molecular weight is 215 g/mol. The zero-order valence-corrected chi connectivity index (χ0v) is 9.39. The molecule has 0 atom stereocenters. The molecule has 0 radical (unpaired) electrons. The lowest BCUT2D eigenvalue weighted by Gasteiger charge is -2.33. The maximum atomic E-state index is 9.05. The van der Waals surface area contributed by atoms with Gasteiger partial charge in [0, 0.05) is 13.1 Å².